The molecule has 0 aromatic heterocycles. The van der Waals surface area contributed by atoms with Crippen LogP contribution in [0.4, 0.5) is 5.69 Å². The van der Waals surface area contributed by atoms with Crippen molar-refractivity contribution in [1.29, 1.82) is 0 Å². The summed E-state index contributed by atoms with van der Waals surface area (Å²) in [7, 11) is 2.00. The molecule has 1 heterocycles. The maximum absolute atomic E-state index is 3.74. The van der Waals surface area contributed by atoms with E-state index >= 15 is 0 Å². The summed E-state index contributed by atoms with van der Waals surface area (Å²) in [5.74, 6) is 0.882. The van der Waals surface area contributed by atoms with Crippen molar-refractivity contribution in [1.82, 2.24) is 5.32 Å². The van der Waals surface area contributed by atoms with E-state index in [-0.39, 0.29) is 0 Å². The molecule has 0 amide bonds. The number of hydrogen-bond acceptors (Lipinski definition) is 2. The van der Waals surface area contributed by atoms with E-state index in [2.05, 4.69) is 58.2 Å². The standard InChI is InChI=1S/C16H25BrN2/c1-4-5-13-8-9-19(11-13)16-7-6-14(10-15(16)17)12(2)18-3/h6-7,10,12-13,18H,4-5,8-9,11H2,1-3H3. The summed E-state index contributed by atoms with van der Waals surface area (Å²) >= 11 is 3.74. The number of anilines is 1. The van der Waals surface area contributed by atoms with E-state index in [1.54, 1.807) is 0 Å². The molecule has 2 unspecified atom stereocenters. The Labute approximate surface area is 125 Å². The Hall–Kier alpha value is -0.540. The van der Waals surface area contributed by atoms with Gasteiger partial charge in [-0.1, -0.05) is 19.4 Å². The van der Waals surface area contributed by atoms with Crippen molar-refractivity contribution in [2.24, 2.45) is 5.92 Å². The number of benzene rings is 1. The lowest BCUT2D eigenvalue weighted by Crippen LogP contribution is -2.20. The average Bonchev–Trinajstić information content (AvgIpc) is 2.86. The van der Waals surface area contributed by atoms with Crippen molar-refractivity contribution in [2.45, 2.75) is 39.2 Å². The molecule has 2 nitrogen and oxygen atoms in total. The summed E-state index contributed by atoms with van der Waals surface area (Å²) in [6.07, 6.45) is 4.01. The van der Waals surface area contributed by atoms with Crippen LogP contribution < -0.4 is 10.2 Å². The second-order valence-electron chi connectivity index (χ2n) is 5.61. The molecule has 19 heavy (non-hydrogen) atoms. The summed E-state index contributed by atoms with van der Waals surface area (Å²) in [6, 6.07) is 7.16. The third-order valence-corrected chi connectivity index (χ3v) is 4.86. The zero-order valence-corrected chi connectivity index (χ0v) is 13.8. The van der Waals surface area contributed by atoms with Crippen LogP contribution in [0.15, 0.2) is 22.7 Å². The van der Waals surface area contributed by atoms with Gasteiger partial charge < -0.3 is 10.2 Å². The zero-order chi connectivity index (χ0) is 13.8. The van der Waals surface area contributed by atoms with Gasteiger partial charge in [0.2, 0.25) is 0 Å². The molecular weight excluding hydrogens is 300 g/mol. The minimum absolute atomic E-state index is 0.400. The molecule has 2 atom stereocenters. The smallest absolute Gasteiger partial charge is 0.0510 e. The van der Waals surface area contributed by atoms with E-state index in [1.165, 1.54) is 48.1 Å². The normalized spacial score (nSPS) is 20.8. The van der Waals surface area contributed by atoms with Crippen molar-refractivity contribution in [3.8, 4) is 0 Å². The molecule has 1 N–H and O–H groups in total. The van der Waals surface area contributed by atoms with E-state index in [9.17, 15) is 0 Å². The van der Waals surface area contributed by atoms with Gasteiger partial charge in [-0.05, 0) is 66.4 Å². The minimum Gasteiger partial charge on any atom is -0.370 e. The van der Waals surface area contributed by atoms with E-state index in [0.29, 0.717) is 6.04 Å². The Kier molecular flexibility index (Phi) is 5.28. The Morgan fingerprint density at radius 3 is 2.89 bits per heavy atom. The molecule has 1 aliphatic rings. The van der Waals surface area contributed by atoms with Crippen molar-refractivity contribution in [3.63, 3.8) is 0 Å². The molecule has 106 valence electrons. The first-order valence-corrected chi connectivity index (χ1v) is 8.16. The first kappa shape index (κ1) is 14.9. The molecule has 1 aliphatic heterocycles. The first-order chi connectivity index (χ1) is 9.15. The second-order valence-corrected chi connectivity index (χ2v) is 6.46. The fourth-order valence-electron chi connectivity index (χ4n) is 2.91. The predicted octanol–water partition coefficient (Wildman–Crippen LogP) is 4.36. The van der Waals surface area contributed by atoms with Crippen molar-refractivity contribution in [3.05, 3.63) is 28.2 Å². The SMILES string of the molecule is CCCC1CCN(c2ccc(C(C)NC)cc2Br)C1. The molecule has 1 saturated heterocycles. The number of nitrogens with zero attached hydrogens (tertiary/aromatic N) is 1. The number of halogens is 1. The van der Waals surface area contributed by atoms with Gasteiger partial charge in [-0.2, -0.15) is 0 Å². The van der Waals surface area contributed by atoms with Crippen LogP contribution in [0.2, 0.25) is 0 Å². The Bertz CT molecular complexity index is 419. The maximum atomic E-state index is 3.74. The summed E-state index contributed by atoms with van der Waals surface area (Å²) in [5.41, 5.74) is 2.69. The van der Waals surface area contributed by atoms with Gasteiger partial charge in [0.1, 0.15) is 0 Å². The molecule has 1 aromatic carbocycles. The molecule has 0 saturated carbocycles. The minimum atomic E-state index is 0.400. The monoisotopic (exact) mass is 324 g/mol. The van der Waals surface area contributed by atoms with Gasteiger partial charge >= 0.3 is 0 Å². The Morgan fingerprint density at radius 1 is 1.47 bits per heavy atom. The highest BCUT2D eigenvalue weighted by Crippen LogP contribution is 2.33. The van der Waals surface area contributed by atoms with Crippen LogP contribution in [0.1, 0.15) is 44.7 Å². The lowest BCUT2D eigenvalue weighted by Gasteiger charge is -2.22. The maximum Gasteiger partial charge on any atom is 0.0510 e. The van der Waals surface area contributed by atoms with Gasteiger partial charge in [0.15, 0.2) is 0 Å². The fraction of sp³-hybridized carbons (Fsp3) is 0.625. The lowest BCUT2D eigenvalue weighted by atomic mass is 10.0. The second kappa shape index (κ2) is 6.76. The third-order valence-electron chi connectivity index (χ3n) is 4.23. The predicted molar refractivity (Wildman–Crippen MR) is 86.8 cm³/mol. The molecule has 0 aliphatic carbocycles. The van der Waals surface area contributed by atoms with Crippen molar-refractivity contribution >= 4 is 21.6 Å². The van der Waals surface area contributed by atoms with Crippen LogP contribution in [-0.2, 0) is 0 Å². The Balaban J connectivity index is 2.09. The summed E-state index contributed by atoms with van der Waals surface area (Å²) < 4.78 is 1.23. The molecule has 0 spiro atoms. The van der Waals surface area contributed by atoms with Gasteiger partial charge in [0, 0.05) is 23.6 Å². The van der Waals surface area contributed by atoms with Crippen LogP contribution in [0.25, 0.3) is 0 Å². The molecule has 1 aromatic rings. The highest BCUT2D eigenvalue weighted by atomic mass is 79.9. The molecule has 0 radical (unpaired) electrons. The largest absolute Gasteiger partial charge is 0.370 e. The van der Waals surface area contributed by atoms with Gasteiger partial charge in [-0.25, -0.2) is 0 Å². The first-order valence-electron chi connectivity index (χ1n) is 7.37. The van der Waals surface area contributed by atoms with Gasteiger partial charge in [0.05, 0.1) is 5.69 Å². The van der Waals surface area contributed by atoms with Crippen molar-refractivity contribution < 1.29 is 0 Å². The quantitative estimate of drug-likeness (QED) is 0.865. The third kappa shape index (κ3) is 3.51. The van der Waals surface area contributed by atoms with Gasteiger partial charge in [-0.3, -0.25) is 0 Å². The number of nitrogens with one attached hydrogen (secondary N) is 1. The highest BCUT2D eigenvalue weighted by Gasteiger charge is 2.23. The molecule has 1 fully saturated rings. The molecule has 0 bridgehead atoms. The van der Waals surface area contributed by atoms with Gasteiger partial charge in [-0.15, -0.1) is 0 Å². The summed E-state index contributed by atoms with van der Waals surface area (Å²) in [5, 5.41) is 3.29. The average molecular weight is 325 g/mol. The highest BCUT2D eigenvalue weighted by molar-refractivity contribution is 9.10. The van der Waals surface area contributed by atoms with E-state index in [4.69, 9.17) is 0 Å². The number of hydrogen-bond donors (Lipinski definition) is 1. The lowest BCUT2D eigenvalue weighted by molar-refractivity contribution is 0.530. The summed E-state index contributed by atoms with van der Waals surface area (Å²) in [4.78, 5) is 2.53. The fourth-order valence-corrected chi connectivity index (χ4v) is 3.56. The van der Waals surface area contributed by atoms with E-state index in [0.717, 1.165) is 5.92 Å². The van der Waals surface area contributed by atoms with E-state index in [1.807, 2.05) is 7.05 Å². The zero-order valence-electron chi connectivity index (χ0n) is 12.2. The Morgan fingerprint density at radius 2 is 2.26 bits per heavy atom. The van der Waals surface area contributed by atoms with Crippen LogP contribution in [0, 0.1) is 5.92 Å². The van der Waals surface area contributed by atoms with Gasteiger partial charge in [0.25, 0.3) is 0 Å². The van der Waals surface area contributed by atoms with Crippen molar-refractivity contribution in [2.75, 3.05) is 25.0 Å². The van der Waals surface area contributed by atoms with Crippen LogP contribution in [0.3, 0.4) is 0 Å². The van der Waals surface area contributed by atoms with E-state index < -0.39 is 0 Å². The molecular formula is C16H25BrN2. The molecule has 3 heteroatoms. The molecule has 2 rings (SSSR count). The summed E-state index contributed by atoms with van der Waals surface area (Å²) in [6.45, 7) is 6.89. The van der Waals surface area contributed by atoms with Crippen LogP contribution in [-0.4, -0.2) is 20.1 Å². The van der Waals surface area contributed by atoms with Crippen LogP contribution >= 0.6 is 15.9 Å². The van der Waals surface area contributed by atoms with Crippen LogP contribution in [0.5, 0.6) is 0 Å². The topological polar surface area (TPSA) is 15.3 Å². The number of rotatable bonds is 5.